The molecule has 0 aliphatic heterocycles. The van der Waals surface area contributed by atoms with Gasteiger partial charge in [-0.3, -0.25) is 0 Å². The second-order valence-electron chi connectivity index (χ2n) is 1.06. The first-order valence-electron chi connectivity index (χ1n) is 2.53. The summed E-state index contributed by atoms with van der Waals surface area (Å²) in [5.74, 6) is 0. The van der Waals surface area contributed by atoms with Gasteiger partial charge in [0.2, 0.25) is 24.6 Å². The molecule has 12 nitrogen and oxygen atoms in total. The fraction of sp³-hybridized carbons (Fsp3) is 0. The van der Waals surface area contributed by atoms with Gasteiger partial charge >= 0.3 is 86.6 Å². The van der Waals surface area contributed by atoms with Gasteiger partial charge in [-0.2, -0.15) is 0 Å². The molecule has 4 N–H and O–H groups in total. The third-order valence-corrected chi connectivity index (χ3v) is 0. The minimum absolute atomic E-state index is 0. The largest absolute Gasteiger partial charge is 2.00 e. The van der Waals surface area contributed by atoms with Crippen molar-refractivity contribution >= 4 is 111 Å². The van der Waals surface area contributed by atoms with Crippen molar-refractivity contribution in [3.05, 3.63) is 0 Å². The molecule has 14 heteroatoms. The molecule has 0 aliphatic rings. The monoisotopic (exact) mass is 422 g/mol. The molecule has 0 atom stereocenters. The minimum Gasteiger partial charge on any atom is -0.565 e. The van der Waals surface area contributed by atoms with Gasteiger partial charge in [-0.15, -0.1) is 0 Å². The van der Waals surface area contributed by atoms with Crippen LogP contribution >= 0.6 is 0 Å². The van der Waals surface area contributed by atoms with Crippen LogP contribution in [-0.4, -0.2) is 132 Å². The van der Waals surface area contributed by atoms with Gasteiger partial charge < -0.3 is 60.0 Å². The molecule has 0 rings (SSSR count). The molecule has 0 heterocycles. The summed E-state index contributed by atoms with van der Waals surface area (Å²) >= 11 is 0. The molecule has 0 unspecified atom stereocenters. The van der Waals surface area contributed by atoms with Crippen LogP contribution in [0.25, 0.3) is 0 Å². The van der Waals surface area contributed by atoms with Crippen molar-refractivity contribution in [2.75, 3.05) is 0 Å². The first kappa shape index (κ1) is 36.1. The average Bonchev–Trinajstić information content (AvgIpc) is 1.76. The normalized spacial score (nSPS) is 5.33. The number of carboxylic acid groups (broad SMARTS) is 8. The molecule has 0 bridgehead atoms. The Hall–Kier alpha value is -0.0888. The van der Waals surface area contributed by atoms with E-state index in [-0.39, 0.29) is 86.6 Å². The number of hydrogen-bond acceptors (Lipinski definition) is 8. The molecule has 0 amide bonds. The van der Waals surface area contributed by atoms with Crippen molar-refractivity contribution in [3.8, 4) is 0 Å². The van der Waals surface area contributed by atoms with Crippen LogP contribution < -0.4 is 20.4 Å². The topological polar surface area (TPSA) is 241 Å². The van der Waals surface area contributed by atoms with E-state index in [1.165, 1.54) is 0 Å². The summed E-state index contributed by atoms with van der Waals surface area (Å²) in [5, 5.41) is 61.2. The molecule has 0 aromatic heterocycles. The Morgan fingerprint density at radius 3 is 0.556 bits per heavy atom. The molecule has 0 aromatic rings. The third kappa shape index (κ3) is 448000. The van der Waals surface area contributed by atoms with Gasteiger partial charge in [-0.05, 0) is 0 Å². The summed E-state index contributed by atoms with van der Waals surface area (Å²) in [6, 6.07) is 0. The fourth-order valence-electron chi connectivity index (χ4n) is 0. The van der Waals surface area contributed by atoms with Gasteiger partial charge in [0.1, 0.15) is 0 Å². The maximum Gasteiger partial charge on any atom is 2.00 e. The van der Waals surface area contributed by atoms with Gasteiger partial charge in [0, 0.05) is 0 Å². The molecular weight excluding hydrogens is 417 g/mol. The standard InChI is InChI=1S/4CH2O3.Ba.Ca/c4*2-1(3)4;;/h4*(H2,2,3,4);;/q;;;;2*+2/p-4. The van der Waals surface area contributed by atoms with Crippen molar-refractivity contribution in [3.63, 3.8) is 0 Å². The van der Waals surface area contributed by atoms with E-state index in [0.29, 0.717) is 0 Å². The van der Waals surface area contributed by atoms with Crippen LogP contribution in [0, 0.1) is 0 Å². The van der Waals surface area contributed by atoms with E-state index in [2.05, 4.69) is 0 Å². The Balaban J connectivity index is -0.0000000257. The third-order valence-electron chi connectivity index (χ3n) is 0. The molecule has 0 saturated heterocycles. The van der Waals surface area contributed by atoms with Crippen LogP contribution in [0.4, 0.5) is 19.2 Å². The minimum atomic E-state index is -2.08. The molecule has 0 aromatic carbocycles. The maximum atomic E-state index is 8.44. The van der Waals surface area contributed by atoms with E-state index in [0.717, 1.165) is 0 Å². The SMILES string of the molecule is O=C([O-])O.O=C([O-])O.O=C([O-])O.O=C([O-])O.[Ba+2].[Ca+2]. The number of carbonyl (C=O) groups is 4. The summed E-state index contributed by atoms with van der Waals surface area (Å²) in [5.41, 5.74) is 0. The molecule has 0 fully saturated rings. The van der Waals surface area contributed by atoms with Crippen molar-refractivity contribution in [2.24, 2.45) is 0 Å². The Labute approximate surface area is 169 Å². The van der Waals surface area contributed by atoms with Gasteiger partial charge in [0.25, 0.3) is 0 Å². The molecule has 0 spiro atoms. The fourth-order valence-corrected chi connectivity index (χ4v) is 0. The van der Waals surface area contributed by atoms with E-state index >= 15 is 0 Å². The van der Waals surface area contributed by atoms with E-state index in [1.807, 2.05) is 0 Å². The Morgan fingerprint density at radius 1 is 0.556 bits per heavy atom. The summed E-state index contributed by atoms with van der Waals surface area (Å²) < 4.78 is 0. The molecule has 0 aliphatic carbocycles. The molecule has 0 saturated carbocycles. The van der Waals surface area contributed by atoms with Gasteiger partial charge in [0.15, 0.2) is 0 Å². The summed E-state index contributed by atoms with van der Waals surface area (Å²) in [4.78, 5) is 33.8. The average molecular weight is 421 g/mol. The van der Waals surface area contributed by atoms with Crippen molar-refractivity contribution < 1.29 is 60.0 Å². The van der Waals surface area contributed by atoms with E-state index < -0.39 is 24.6 Å². The quantitative estimate of drug-likeness (QED) is 0.268. The van der Waals surface area contributed by atoms with Gasteiger partial charge in [0.05, 0.1) is 0 Å². The smallest absolute Gasteiger partial charge is 0.565 e. The molecular formula is C4H4BaCaO12. The maximum absolute atomic E-state index is 8.44. The Morgan fingerprint density at radius 2 is 0.556 bits per heavy atom. The summed E-state index contributed by atoms with van der Waals surface area (Å²) in [7, 11) is 0. The second kappa shape index (κ2) is 30.2. The molecule has 0 radical (unpaired) electrons. The zero-order chi connectivity index (χ0) is 14.3. The van der Waals surface area contributed by atoms with E-state index in [4.69, 9.17) is 60.0 Å². The predicted octanol–water partition coefficient (Wildman–Crippen LogP) is -5.21. The molecule has 96 valence electrons. The first-order valence-corrected chi connectivity index (χ1v) is 2.53. The van der Waals surface area contributed by atoms with Crippen molar-refractivity contribution in [1.29, 1.82) is 0 Å². The van der Waals surface area contributed by atoms with Crippen LogP contribution in [0.2, 0.25) is 0 Å². The first-order chi connectivity index (χ1) is 6.93. The van der Waals surface area contributed by atoms with Gasteiger partial charge in [-0.25, -0.2) is 0 Å². The van der Waals surface area contributed by atoms with Crippen LogP contribution in [-0.2, 0) is 0 Å². The predicted molar refractivity (Wildman–Crippen MR) is 43.6 cm³/mol. The van der Waals surface area contributed by atoms with Crippen molar-refractivity contribution in [1.82, 2.24) is 0 Å². The van der Waals surface area contributed by atoms with Crippen LogP contribution in [0.3, 0.4) is 0 Å². The Kier molecular flexibility index (Phi) is 60.5. The molecule has 18 heavy (non-hydrogen) atoms. The number of rotatable bonds is 0. The van der Waals surface area contributed by atoms with Gasteiger partial charge in [-0.1, -0.05) is 0 Å². The van der Waals surface area contributed by atoms with E-state index in [9.17, 15) is 0 Å². The second-order valence-corrected chi connectivity index (χ2v) is 1.06. The summed E-state index contributed by atoms with van der Waals surface area (Å²) in [6.45, 7) is 0. The van der Waals surface area contributed by atoms with Crippen LogP contribution in [0.15, 0.2) is 0 Å². The number of hydrogen-bond donors (Lipinski definition) is 4. The zero-order valence-electron chi connectivity index (χ0n) is 8.47. The van der Waals surface area contributed by atoms with E-state index in [1.54, 1.807) is 0 Å². The Bertz CT molecular complexity index is 164. The summed E-state index contributed by atoms with van der Waals surface area (Å²) in [6.07, 6.45) is -8.33. The zero-order valence-corrected chi connectivity index (χ0v) is 15.1. The van der Waals surface area contributed by atoms with Crippen LogP contribution in [0.5, 0.6) is 0 Å². The van der Waals surface area contributed by atoms with Crippen LogP contribution in [0.1, 0.15) is 0 Å². The van der Waals surface area contributed by atoms with Crippen molar-refractivity contribution in [2.45, 2.75) is 0 Å².